The summed E-state index contributed by atoms with van der Waals surface area (Å²) in [4.78, 5) is 10.8. The summed E-state index contributed by atoms with van der Waals surface area (Å²) in [5, 5.41) is 0. The van der Waals surface area contributed by atoms with Crippen molar-refractivity contribution in [3.8, 4) is 0 Å². The van der Waals surface area contributed by atoms with E-state index in [0.29, 0.717) is 12.5 Å². The molecule has 0 aromatic heterocycles. The quantitative estimate of drug-likeness (QED) is 0.737. The fourth-order valence-corrected chi connectivity index (χ4v) is 2.52. The van der Waals surface area contributed by atoms with Crippen LogP contribution in [-0.2, 0) is 16.1 Å². The van der Waals surface area contributed by atoms with E-state index < -0.39 is 0 Å². The molecule has 0 heterocycles. The highest BCUT2D eigenvalue weighted by Gasteiger charge is 2.40. The Labute approximate surface area is 109 Å². The molecule has 1 saturated carbocycles. The molecule has 2 aliphatic carbocycles. The number of carbonyl (C=O) groups excluding carboxylic acids is 1. The Morgan fingerprint density at radius 1 is 1.39 bits per heavy atom. The minimum atomic E-state index is -0.212. The lowest BCUT2D eigenvalue weighted by Crippen LogP contribution is -2.04. The summed E-state index contributed by atoms with van der Waals surface area (Å²) in [7, 11) is 0. The summed E-state index contributed by atoms with van der Waals surface area (Å²) in [5.74, 6) is 1.19. The largest absolute Gasteiger partial charge is 0.461 e. The number of benzene rings is 1. The molecule has 0 radical (unpaired) electrons. The third-order valence-corrected chi connectivity index (χ3v) is 3.39. The standard InChI is InChI=1S/C14H14O2.C2H6/c1-9(15)16-8-12-4-2-3-10-5-6-11-7-13(11)14(10)12;1-2/h2-6,11,13H,7-8H2,1H3;1-2H3. The van der Waals surface area contributed by atoms with Crippen molar-refractivity contribution in [2.45, 2.75) is 39.7 Å². The fourth-order valence-electron chi connectivity index (χ4n) is 2.52. The fraction of sp³-hybridized carbons (Fsp3) is 0.438. The first-order valence-corrected chi connectivity index (χ1v) is 6.69. The van der Waals surface area contributed by atoms with Crippen LogP contribution < -0.4 is 0 Å². The Morgan fingerprint density at radius 2 is 2.17 bits per heavy atom. The van der Waals surface area contributed by atoms with Crippen LogP contribution in [0.15, 0.2) is 24.3 Å². The van der Waals surface area contributed by atoms with Crippen LogP contribution in [0.1, 0.15) is 49.8 Å². The maximum Gasteiger partial charge on any atom is 0.302 e. The van der Waals surface area contributed by atoms with E-state index in [0.717, 1.165) is 5.92 Å². The van der Waals surface area contributed by atoms with Crippen LogP contribution in [0.4, 0.5) is 0 Å². The van der Waals surface area contributed by atoms with Gasteiger partial charge in [-0.05, 0) is 34.9 Å². The molecule has 1 aromatic carbocycles. The summed E-state index contributed by atoms with van der Waals surface area (Å²) in [5.41, 5.74) is 3.87. The van der Waals surface area contributed by atoms with Gasteiger partial charge < -0.3 is 4.74 Å². The topological polar surface area (TPSA) is 26.3 Å². The lowest BCUT2D eigenvalue weighted by atomic mass is 9.93. The van der Waals surface area contributed by atoms with Crippen molar-refractivity contribution in [3.05, 3.63) is 41.0 Å². The highest BCUT2D eigenvalue weighted by Crippen LogP contribution is 2.53. The second-order valence-corrected chi connectivity index (χ2v) is 4.57. The molecule has 18 heavy (non-hydrogen) atoms. The predicted octanol–water partition coefficient (Wildman–Crippen LogP) is 3.91. The third-order valence-electron chi connectivity index (χ3n) is 3.39. The molecule has 3 rings (SSSR count). The van der Waals surface area contributed by atoms with Gasteiger partial charge in [0, 0.05) is 6.92 Å². The molecule has 1 aromatic rings. The van der Waals surface area contributed by atoms with E-state index >= 15 is 0 Å². The molecule has 0 amide bonds. The SMILES string of the molecule is CC.CC(=O)OCc1cccc2c1C1CC1C=C2. The van der Waals surface area contributed by atoms with E-state index in [9.17, 15) is 4.79 Å². The van der Waals surface area contributed by atoms with Gasteiger partial charge in [0.15, 0.2) is 0 Å². The number of carbonyl (C=O) groups is 1. The smallest absolute Gasteiger partial charge is 0.302 e. The Balaban J connectivity index is 0.000000574. The zero-order chi connectivity index (χ0) is 13.1. The minimum Gasteiger partial charge on any atom is -0.461 e. The number of ether oxygens (including phenoxy) is 1. The van der Waals surface area contributed by atoms with Crippen LogP contribution in [0.3, 0.4) is 0 Å². The molecular formula is C16H20O2. The monoisotopic (exact) mass is 244 g/mol. The van der Waals surface area contributed by atoms with Crippen molar-refractivity contribution in [2.75, 3.05) is 0 Å². The molecular weight excluding hydrogens is 224 g/mol. The van der Waals surface area contributed by atoms with Gasteiger partial charge in [-0.3, -0.25) is 4.79 Å². The molecule has 2 unspecified atom stereocenters. The van der Waals surface area contributed by atoms with E-state index in [1.165, 1.54) is 30.0 Å². The van der Waals surface area contributed by atoms with Gasteiger partial charge in [0.1, 0.15) is 6.61 Å². The average Bonchev–Trinajstić information content (AvgIpc) is 3.17. The van der Waals surface area contributed by atoms with Crippen molar-refractivity contribution < 1.29 is 9.53 Å². The Kier molecular flexibility index (Phi) is 3.85. The van der Waals surface area contributed by atoms with E-state index in [2.05, 4.69) is 24.3 Å². The molecule has 0 spiro atoms. The molecule has 2 aliphatic rings. The van der Waals surface area contributed by atoms with Crippen molar-refractivity contribution >= 4 is 12.0 Å². The number of hydrogen-bond acceptors (Lipinski definition) is 2. The van der Waals surface area contributed by atoms with Crippen LogP contribution in [-0.4, -0.2) is 5.97 Å². The molecule has 1 fully saturated rings. The van der Waals surface area contributed by atoms with Gasteiger partial charge in [0.25, 0.3) is 0 Å². The van der Waals surface area contributed by atoms with E-state index in [1.807, 2.05) is 19.9 Å². The summed E-state index contributed by atoms with van der Waals surface area (Å²) in [6.07, 6.45) is 5.74. The predicted molar refractivity (Wildman–Crippen MR) is 73.1 cm³/mol. The van der Waals surface area contributed by atoms with Crippen LogP contribution in [0.25, 0.3) is 6.08 Å². The second kappa shape index (κ2) is 5.38. The van der Waals surface area contributed by atoms with Crippen LogP contribution >= 0.6 is 0 Å². The maximum atomic E-state index is 10.8. The lowest BCUT2D eigenvalue weighted by molar-refractivity contribution is -0.142. The summed E-state index contributed by atoms with van der Waals surface area (Å²) in [6, 6.07) is 6.23. The first-order valence-electron chi connectivity index (χ1n) is 6.69. The van der Waals surface area contributed by atoms with E-state index in [4.69, 9.17) is 4.74 Å². The van der Waals surface area contributed by atoms with E-state index in [1.54, 1.807) is 0 Å². The second-order valence-electron chi connectivity index (χ2n) is 4.57. The Morgan fingerprint density at radius 3 is 2.89 bits per heavy atom. The number of hydrogen-bond donors (Lipinski definition) is 0. The van der Waals surface area contributed by atoms with Crippen molar-refractivity contribution in [2.24, 2.45) is 5.92 Å². The highest BCUT2D eigenvalue weighted by molar-refractivity contribution is 5.66. The molecule has 2 nitrogen and oxygen atoms in total. The summed E-state index contributed by atoms with van der Waals surface area (Å²) >= 11 is 0. The van der Waals surface area contributed by atoms with Crippen LogP contribution in [0, 0.1) is 5.92 Å². The maximum absolute atomic E-state index is 10.8. The van der Waals surface area contributed by atoms with Gasteiger partial charge in [0.2, 0.25) is 0 Å². The first-order chi connectivity index (χ1) is 8.75. The Hall–Kier alpha value is -1.57. The third kappa shape index (κ3) is 2.47. The van der Waals surface area contributed by atoms with Crippen LogP contribution in [0.2, 0.25) is 0 Å². The van der Waals surface area contributed by atoms with Gasteiger partial charge >= 0.3 is 5.97 Å². The molecule has 0 N–H and O–H groups in total. The molecule has 96 valence electrons. The number of allylic oxidation sites excluding steroid dienone is 1. The van der Waals surface area contributed by atoms with Crippen molar-refractivity contribution in [3.63, 3.8) is 0 Å². The minimum absolute atomic E-state index is 0.212. The zero-order valence-electron chi connectivity index (χ0n) is 11.3. The van der Waals surface area contributed by atoms with Gasteiger partial charge in [-0.25, -0.2) is 0 Å². The lowest BCUT2D eigenvalue weighted by Gasteiger charge is -2.15. The molecule has 2 heteroatoms. The first kappa shape index (κ1) is 12.9. The van der Waals surface area contributed by atoms with Gasteiger partial charge in [-0.15, -0.1) is 0 Å². The molecule has 0 aliphatic heterocycles. The Bertz CT molecular complexity index is 474. The average molecular weight is 244 g/mol. The molecule has 2 atom stereocenters. The molecule has 0 bridgehead atoms. The van der Waals surface area contributed by atoms with E-state index in [-0.39, 0.29) is 5.97 Å². The zero-order valence-corrected chi connectivity index (χ0v) is 11.3. The summed E-state index contributed by atoms with van der Waals surface area (Å²) in [6.45, 7) is 5.87. The summed E-state index contributed by atoms with van der Waals surface area (Å²) < 4.78 is 5.10. The van der Waals surface area contributed by atoms with Gasteiger partial charge in [0.05, 0.1) is 0 Å². The number of esters is 1. The van der Waals surface area contributed by atoms with Gasteiger partial charge in [-0.2, -0.15) is 0 Å². The number of fused-ring (bicyclic) bond motifs is 3. The van der Waals surface area contributed by atoms with Crippen molar-refractivity contribution in [1.82, 2.24) is 0 Å². The van der Waals surface area contributed by atoms with Gasteiger partial charge in [-0.1, -0.05) is 44.2 Å². The number of rotatable bonds is 2. The van der Waals surface area contributed by atoms with Crippen LogP contribution in [0.5, 0.6) is 0 Å². The highest BCUT2D eigenvalue weighted by atomic mass is 16.5. The molecule has 0 saturated heterocycles. The normalized spacial score (nSPS) is 22.2. The van der Waals surface area contributed by atoms with Crippen molar-refractivity contribution in [1.29, 1.82) is 0 Å².